The van der Waals surface area contributed by atoms with Crippen LogP contribution in [0.1, 0.15) is 39.5 Å². The number of nitrogens with zero attached hydrogens (tertiary/aromatic N) is 2. The third-order valence-corrected chi connectivity index (χ3v) is 4.34. The van der Waals surface area contributed by atoms with Gasteiger partial charge in [-0.15, -0.1) is 0 Å². The molecule has 2 aliphatic rings. The van der Waals surface area contributed by atoms with Crippen LogP contribution in [0.15, 0.2) is 0 Å². The van der Waals surface area contributed by atoms with Gasteiger partial charge < -0.3 is 15.1 Å². The summed E-state index contributed by atoms with van der Waals surface area (Å²) in [6, 6.07) is 0.302. The summed E-state index contributed by atoms with van der Waals surface area (Å²) in [5.41, 5.74) is 0. The molecule has 5 nitrogen and oxygen atoms in total. The molecule has 2 aliphatic heterocycles. The number of carbonyl (C=O) groups is 2. The molecular weight excluding hydrogens is 242 g/mol. The van der Waals surface area contributed by atoms with Crippen molar-refractivity contribution in [3.63, 3.8) is 0 Å². The fourth-order valence-electron chi connectivity index (χ4n) is 2.82. The molecule has 0 aliphatic carbocycles. The van der Waals surface area contributed by atoms with E-state index in [-0.39, 0.29) is 18.0 Å². The molecule has 0 atom stereocenters. The fraction of sp³-hybridized carbons (Fsp3) is 0.857. The van der Waals surface area contributed by atoms with Gasteiger partial charge in [0.2, 0.25) is 5.91 Å². The Hall–Kier alpha value is -1.26. The minimum atomic E-state index is 0.0770. The first-order valence-corrected chi connectivity index (χ1v) is 7.37. The maximum absolute atomic E-state index is 12.1. The maximum atomic E-state index is 12.1. The van der Waals surface area contributed by atoms with E-state index in [4.69, 9.17) is 0 Å². The Labute approximate surface area is 115 Å². The summed E-state index contributed by atoms with van der Waals surface area (Å²) in [7, 11) is 0. The summed E-state index contributed by atoms with van der Waals surface area (Å²) < 4.78 is 0. The van der Waals surface area contributed by atoms with E-state index in [0.717, 1.165) is 57.8 Å². The van der Waals surface area contributed by atoms with E-state index >= 15 is 0 Å². The molecule has 19 heavy (non-hydrogen) atoms. The lowest BCUT2D eigenvalue weighted by atomic mass is 9.99. The van der Waals surface area contributed by atoms with Crippen LogP contribution in [0.25, 0.3) is 0 Å². The molecule has 1 N–H and O–H groups in total. The molecule has 0 saturated carbocycles. The lowest BCUT2D eigenvalue weighted by Gasteiger charge is -2.35. The van der Waals surface area contributed by atoms with Gasteiger partial charge in [-0.2, -0.15) is 0 Å². The Morgan fingerprint density at radius 2 is 1.47 bits per heavy atom. The second-order valence-electron chi connectivity index (χ2n) is 5.90. The number of likely N-dealkylation sites (tertiary alicyclic amines) is 2. The molecule has 2 saturated heterocycles. The number of hydrogen-bond acceptors (Lipinski definition) is 2. The molecule has 2 rings (SSSR count). The molecular formula is C14H25N3O2. The Balaban J connectivity index is 1.73. The summed E-state index contributed by atoms with van der Waals surface area (Å²) in [5, 5.41) is 3.11. The standard InChI is InChI=1S/C14H25N3O2/c1-11-3-7-17(8-4-11)14(19)15-13-5-9-16(10-6-13)12(2)18/h11,13H,3-10H2,1-2H3,(H,15,19). The van der Waals surface area contributed by atoms with Crippen molar-refractivity contribution in [3.05, 3.63) is 0 Å². The largest absolute Gasteiger partial charge is 0.343 e. The highest BCUT2D eigenvalue weighted by molar-refractivity contribution is 5.75. The first-order chi connectivity index (χ1) is 9.06. The lowest BCUT2D eigenvalue weighted by molar-refractivity contribution is -0.129. The average molecular weight is 267 g/mol. The molecule has 3 amide bonds. The lowest BCUT2D eigenvalue weighted by Crippen LogP contribution is -2.51. The Bertz CT molecular complexity index is 330. The zero-order valence-corrected chi connectivity index (χ0v) is 12.0. The third-order valence-electron chi connectivity index (χ3n) is 4.34. The van der Waals surface area contributed by atoms with Crippen LogP contribution in [0.3, 0.4) is 0 Å². The SMILES string of the molecule is CC(=O)N1CCC(NC(=O)N2CCC(C)CC2)CC1. The average Bonchev–Trinajstić information content (AvgIpc) is 2.40. The molecule has 0 spiro atoms. The van der Waals surface area contributed by atoms with Crippen molar-refractivity contribution in [3.8, 4) is 0 Å². The van der Waals surface area contributed by atoms with Crippen molar-refractivity contribution in [2.45, 2.75) is 45.6 Å². The van der Waals surface area contributed by atoms with Gasteiger partial charge in [0, 0.05) is 39.1 Å². The molecule has 108 valence electrons. The van der Waals surface area contributed by atoms with E-state index in [1.165, 1.54) is 0 Å². The van der Waals surface area contributed by atoms with Crippen molar-refractivity contribution < 1.29 is 9.59 Å². The van der Waals surface area contributed by atoms with Crippen LogP contribution in [0.5, 0.6) is 0 Å². The molecule has 0 aromatic heterocycles. The van der Waals surface area contributed by atoms with Crippen molar-refractivity contribution in [2.24, 2.45) is 5.92 Å². The highest BCUT2D eigenvalue weighted by atomic mass is 16.2. The number of rotatable bonds is 1. The number of nitrogens with one attached hydrogen (secondary N) is 1. The van der Waals surface area contributed by atoms with Crippen LogP contribution in [-0.4, -0.2) is 54.0 Å². The van der Waals surface area contributed by atoms with Gasteiger partial charge in [0.05, 0.1) is 0 Å². The highest BCUT2D eigenvalue weighted by Gasteiger charge is 2.25. The second-order valence-corrected chi connectivity index (χ2v) is 5.90. The van der Waals surface area contributed by atoms with Crippen LogP contribution in [0.4, 0.5) is 4.79 Å². The molecule has 2 heterocycles. The molecule has 0 unspecified atom stereocenters. The molecule has 0 radical (unpaired) electrons. The zero-order chi connectivity index (χ0) is 13.8. The minimum Gasteiger partial charge on any atom is -0.343 e. The quantitative estimate of drug-likeness (QED) is 0.781. The molecule has 0 aromatic rings. The first-order valence-electron chi connectivity index (χ1n) is 7.37. The number of amides is 3. The van der Waals surface area contributed by atoms with Crippen LogP contribution in [0.2, 0.25) is 0 Å². The fourth-order valence-corrected chi connectivity index (χ4v) is 2.82. The van der Waals surface area contributed by atoms with Gasteiger partial charge in [0.15, 0.2) is 0 Å². The zero-order valence-electron chi connectivity index (χ0n) is 12.0. The van der Waals surface area contributed by atoms with Crippen molar-refractivity contribution in [1.82, 2.24) is 15.1 Å². The van der Waals surface area contributed by atoms with Gasteiger partial charge in [0.1, 0.15) is 0 Å². The number of carbonyl (C=O) groups excluding carboxylic acids is 2. The van der Waals surface area contributed by atoms with E-state index in [9.17, 15) is 9.59 Å². The normalized spacial score (nSPS) is 22.4. The number of urea groups is 1. The molecule has 2 fully saturated rings. The van der Waals surface area contributed by atoms with Crippen LogP contribution in [0, 0.1) is 5.92 Å². The summed E-state index contributed by atoms with van der Waals surface area (Å²) in [4.78, 5) is 27.1. The second kappa shape index (κ2) is 6.26. The Morgan fingerprint density at radius 3 is 2.00 bits per heavy atom. The Kier molecular flexibility index (Phi) is 4.66. The van der Waals surface area contributed by atoms with Crippen LogP contribution in [-0.2, 0) is 4.79 Å². The van der Waals surface area contributed by atoms with E-state index in [1.807, 2.05) is 9.80 Å². The van der Waals surface area contributed by atoms with Crippen molar-refractivity contribution >= 4 is 11.9 Å². The summed E-state index contributed by atoms with van der Waals surface area (Å²) in [6.07, 6.45) is 3.96. The van der Waals surface area contributed by atoms with Gasteiger partial charge in [-0.05, 0) is 31.6 Å². The van der Waals surface area contributed by atoms with Gasteiger partial charge in [0.25, 0.3) is 0 Å². The van der Waals surface area contributed by atoms with Crippen LogP contribution >= 0.6 is 0 Å². The highest BCUT2D eigenvalue weighted by Crippen LogP contribution is 2.17. The molecule has 0 bridgehead atoms. The Morgan fingerprint density at radius 1 is 0.947 bits per heavy atom. The topological polar surface area (TPSA) is 52.7 Å². The minimum absolute atomic E-state index is 0.0770. The third kappa shape index (κ3) is 3.85. The van der Waals surface area contributed by atoms with Gasteiger partial charge in [-0.3, -0.25) is 4.79 Å². The van der Waals surface area contributed by atoms with Crippen molar-refractivity contribution in [2.75, 3.05) is 26.2 Å². The summed E-state index contributed by atoms with van der Waals surface area (Å²) >= 11 is 0. The molecule has 5 heteroatoms. The number of piperidine rings is 2. The van der Waals surface area contributed by atoms with Gasteiger partial charge >= 0.3 is 6.03 Å². The first kappa shape index (κ1) is 14.2. The van der Waals surface area contributed by atoms with E-state index in [0.29, 0.717) is 0 Å². The van der Waals surface area contributed by atoms with E-state index < -0.39 is 0 Å². The van der Waals surface area contributed by atoms with Gasteiger partial charge in [-0.1, -0.05) is 6.92 Å². The summed E-state index contributed by atoms with van der Waals surface area (Å²) in [6.45, 7) is 7.12. The summed E-state index contributed by atoms with van der Waals surface area (Å²) in [5.74, 6) is 0.873. The predicted molar refractivity (Wildman–Crippen MR) is 73.8 cm³/mol. The van der Waals surface area contributed by atoms with Gasteiger partial charge in [-0.25, -0.2) is 4.79 Å². The number of hydrogen-bond donors (Lipinski definition) is 1. The van der Waals surface area contributed by atoms with E-state index in [1.54, 1.807) is 6.92 Å². The maximum Gasteiger partial charge on any atom is 0.317 e. The molecule has 0 aromatic carbocycles. The van der Waals surface area contributed by atoms with E-state index in [2.05, 4.69) is 12.2 Å². The predicted octanol–water partition coefficient (Wildman–Crippen LogP) is 1.44. The van der Waals surface area contributed by atoms with Crippen LogP contribution < -0.4 is 5.32 Å². The monoisotopic (exact) mass is 267 g/mol. The van der Waals surface area contributed by atoms with Crippen molar-refractivity contribution in [1.29, 1.82) is 0 Å². The smallest absolute Gasteiger partial charge is 0.317 e.